The standard InChI is InChI=1S/C12H22N2O3/c1-5-6-14-11(10(17-4)7-13-14)12(15)9(2)8-16-3/h7,9,12,15H,5-6,8H2,1-4H3. The molecule has 0 aliphatic carbocycles. The van der Waals surface area contributed by atoms with Gasteiger partial charge in [0.15, 0.2) is 5.75 Å². The fourth-order valence-corrected chi connectivity index (χ4v) is 1.85. The highest BCUT2D eigenvalue weighted by Crippen LogP contribution is 2.30. The number of rotatable bonds is 7. The molecule has 0 aromatic carbocycles. The number of nitrogens with zero attached hydrogens (tertiary/aromatic N) is 2. The smallest absolute Gasteiger partial charge is 0.162 e. The van der Waals surface area contributed by atoms with Crippen LogP contribution in [0.1, 0.15) is 32.1 Å². The van der Waals surface area contributed by atoms with Crippen molar-refractivity contribution in [3.05, 3.63) is 11.9 Å². The molecule has 1 aromatic rings. The molecule has 0 spiro atoms. The summed E-state index contributed by atoms with van der Waals surface area (Å²) in [5.41, 5.74) is 0.735. The van der Waals surface area contributed by atoms with E-state index in [2.05, 4.69) is 12.0 Å². The zero-order valence-corrected chi connectivity index (χ0v) is 11.0. The van der Waals surface area contributed by atoms with Crippen LogP contribution in [-0.2, 0) is 11.3 Å². The summed E-state index contributed by atoms with van der Waals surface area (Å²) in [5.74, 6) is 0.634. The minimum atomic E-state index is -0.626. The predicted octanol–water partition coefficient (Wildman–Crippen LogP) is 1.62. The summed E-state index contributed by atoms with van der Waals surface area (Å²) in [6, 6.07) is 0. The van der Waals surface area contributed by atoms with Crippen LogP contribution in [-0.4, -0.2) is 35.7 Å². The number of aliphatic hydroxyl groups excluding tert-OH is 1. The number of methoxy groups -OCH3 is 2. The van der Waals surface area contributed by atoms with Gasteiger partial charge < -0.3 is 14.6 Å². The number of ether oxygens (including phenoxy) is 2. The summed E-state index contributed by atoms with van der Waals surface area (Å²) in [5, 5.41) is 14.5. The Kier molecular flexibility index (Phi) is 5.44. The third-order valence-electron chi connectivity index (χ3n) is 2.75. The minimum Gasteiger partial charge on any atom is -0.493 e. The Labute approximate surface area is 102 Å². The van der Waals surface area contributed by atoms with Gasteiger partial charge in [0.2, 0.25) is 0 Å². The molecule has 5 nitrogen and oxygen atoms in total. The Morgan fingerprint density at radius 1 is 1.47 bits per heavy atom. The van der Waals surface area contributed by atoms with E-state index in [0.717, 1.165) is 18.7 Å². The summed E-state index contributed by atoms with van der Waals surface area (Å²) in [6.45, 7) is 5.29. The molecule has 5 heteroatoms. The zero-order valence-electron chi connectivity index (χ0n) is 11.0. The van der Waals surface area contributed by atoms with Gasteiger partial charge in [-0.2, -0.15) is 5.10 Å². The van der Waals surface area contributed by atoms with E-state index in [9.17, 15) is 5.11 Å². The van der Waals surface area contributed by atoms with Crippen molar-refractivity contribution in [3.63, 3.8) is 0 Å². The highest BCUT2D eigenvalue weighted by Gasteiger charge is 2.24. The van der Waals surface area contributed by atoms with Crippen molar-refractivity contribution in [2.24, 2.45) is 5.92 Å². The van der Waals surface area contributed by atoms with Crippen LogP contribution < -0.4 is 4.74 Å². The molecule has 0 saturated carbocycles. The molecule has 1 rings (SSSR count). The fourth-order valence-electron chi connectivity index (χ4n) is 1.85. The van der Waals surface area contributed by atoms with Gasteiger partial charge in [0.05, 0.1) is 19.9 Å². The zero-order chi connectivity index (χ0) is 12.8. The Morgan fingerprint density at radius 3 is 2.71 bits per heavy atom. The first kappa shape index (κ1) is 14.0. The van der Waals surface area contributed by atoms with Crippen molar-refractivity contribution in [3.8, 4) is 5.75 Å². The molecule has 0 saturated heterocycles. The van der Waals surface area contributed by atoms with Gasteiger partial charge in [-0.25, -0.2) is 0 Å². The molecule has 0 aliphatic heterocycles. The lowest BCUT2D eigenvalue weighted by Gasteiger charge is -2.20. The topological polar surface area (TPSA) is 56.5 Å². The molecule has 0 amide bonds. The van der Waals surface area contributed by atoms with Gasteiger partial charge in [0, 0.05) is 19.6 Å². The number of aryl methyl sites for hydroxylation is 1. The lowest BCUT2D eigenvalue weighted by molar-refractivity contribution is 0.0495. The molecule has 98 valence electrons. The summed E-state index contributed by atoms with van der Waals surface area (Å²) in [7, 11) is 3.22. The molecule has 0 fully saturated rings. The maximum atomic E-state index is 10.3. The van der Waals surface area contributed by atoms with E-state index in [1.165, 1.54) is 0 Å². The van der Waals surface area contributed by atoms with E-state index in [-0.39, 0.29) is 5.92 Å². The summed E-state index contributed by atoms with van der Waals surface area (Å²) >= 11 is 0. The van der Waals surface area contributed by atoms with Gasteiger partial charge in [-0.15, -0.1) is 0 Å². The van der Waals surface area contributed by atoms with Gasteiger partial charge >= 0.3 is 0 Å². The van der Waals surface area contributed by atoms with Gasteiger partial charge in [0.25, 0.3) is 0 Å². The van der Waals surface area contributed by atoms with E-state index >= 15 is 0 Å². The van der Waals surface area contributed by atoms with Crippen molar-refractivity contribution in [1.29, 1.82) is 0 Å². The number of aliphatic hydroxyl groups is 1. The average Bonchev–Trinajstić information content (AvgIpc) is 2.72. The fraction of sp³-hybridized carbons (Fsp3) is 0.750. The predicted molar refractivity (Wildman–Crippen MR) is 65.1 cm³/mol. The van der Waals surface area contributed by atoms with Gasteiger partial charge in [0.1, 0.15) is 11.8 Å². The largest absolute Gasteiger partial charge is 0.493 e. The van der Waals surface area contributed by atoms with Crippen LogP contribution in [0.15, 0.2) is 6.20 Å². The second-order valence-electron chi connectivity index (χ2n) is 4.20. The third kappa shape index (κ3) is 3.20. The van der Waals surface area contributed by atoms with Crippen LogP contribution in [0, 0.1) is 5.92 Å². The van der Waals surface area contributed by atoms with E-state index < -0.39 is 6.10 Å². The van der Waals surface area contributed by atoms with E-state index in [1.807, 2.05) is 6.92 Å². The SMILES string of the molecule is CCCn1ncc(OC)c1C(O)C(C)COC. The Hall–Kier alpha value is -1.07. The van der Waals surface area contributed by atoms with Crippen molar-refractivity contribution in [2.75, 3.05) is 20.8 Å². The van der Waals surface area contributed by atoms with Crippen LogP contribution in [0.25, 0.3) is 0 Å². The van der Waals surface area contributed by atoms with Crippen molar-refractivity contribution >= 4 is 0 Å². The highest BCUT2D eigenvalue weighted by molar-refractivity contribution is 5.27. The first-order chi connectivity index (χ1) is 8.15. The van der Waals surface area contributed by atoms with Crippen LogP contribution in [0.2, 0.25) is 0 Å². The van der Waals surface area contributed by atoms with E-state index in [1.54, 1.807) is 25.1 Å². The van der Waals surface area contributed by atoms with Crippen molar-refractivity contribution in [2.45, 2.75) is 32.9 Å². The second kappa shape index (κ2) is 6.61. The Bertz CT molecular complexity index is 338. The molecule has 0 radical (unpaired) electrons. The summed E-state index contributed by atoms with van der Waals surface area (Å²) in [6.07, 6.45) is 1.98. The molecule has 0 bridgehead atoms. The Balaban J connectivity index is 2.95. The summed E-state index contributed by atoms with van der Waals surface area (Å²) < 4.78 is 12.1. The van der Waals surface area contributed by atoms with Gasteiger partial charge in [-0.3, -0.25) is 4.68 Å². The molecule has 1 heterocycles. The number of hydrogen-bond donors (Lipinski definition) is 1. The van der Waals surface area contributed by atoms with E-state index in [0.29, 0.717) is 12.4 Å². The van der Waals surface area contributed by atoms with Crippen LogP contribution in [0.4, 0.5) is 0 Å². The van der Waals surface area contributed by atoms with Gasteiger partial charge in [-0.05, 0) is 6.42 Å². The van der Waals surface area contributed by atoms with Crippen molar-refractivity contribution in [1.82, 2.24) is 9.78 Å². The third-order valence-corrected chi connectivity index (χ3v) is 2.75. The minimum absolute atomic E-state index is 0.00112. The first-order valence-corrected chi connectivity index (χ1v) is 5.92. The molecule has 0 aliphatic rings. The van der Waals surface area contributed by atoms with Crippen LogP contribution in [0.3, 0.4) is 0 Å². The quantitative estimate of drug-likeness (QED) is 0.789. The lowest BCUT2D eigenvalue weighted by atomic mass is 10.0. The molecule has 2 atom stereocenters. The molecule has 2 unspecified atom stereocenters. The molecule has 1 aromatic heterocycles. The van der Waals surface area contributed by atoms with Crippen LogP contribution >= 0.6 is 0 Å². The van der Waals surface area contributed by atoms with E-state index in [4.69, 9.17) is 9.47 Å². The first-order valence-electron chi connectivity index (χ1n) is 5.92. The molecule has 17 heavy (non-hydrogen) atoms. The average molecular weight is 242 g/mol. The normalized spacial score (nSPS) is 14.6. The van der Waals surface area contributed by atoms with Crippen LogP contribution in [0.5, 0.6) is 5.75 Å². The van der Waals surface area contributed by atoms with Crippen molar-refractivity contribution < 1.29 is 14.6 Å². The summed E-state index contributed by atoms with van der Waals surface area (Å²) in [4.78, 5) is 0. The second-order valence-corrected chi connectivity index (χ2v) is 4.20. The Morgan fingerprint density at radius 2 is 2.18 bits per heavy atom. The molecule has 1 N–H and O–H groups in total. The number of hydrogen-bond acceptors (Lipinski definition) is 4. The number of aromatic nitrogens is 2. The molecular weight excluding hydrogens is 220 g/mol. The molecular formula is C12H22N2O3. The highest BCUT2D eigenvalue weighted by atomic mass is 16.5. The maximum absolute atomic E-state index is 10.3. The van der Waals surface area contributed by atoms with Gasteiger partial charge in [-0.1, -0.05) is 13.8 Å². The maximum Gasteiger partial charge on any atom is 0.162 e. The lowest BCUT2D eigenvalue weighted by Crippen LogP contribution is -2.19. The monoisotopic (exact) mass is 242 g/mol.